The van der Waals surface area contributed by atoms with E-state index < -0.39 is 84.2 Å². The largest absolute Gasteiger partial charge is 0.493 e. The van der Waals surface area contributed by atoms with Crippen LogP contribution in [0.15, 0.2) is 59.6 Å². The number of aryl methyl sites for hydroxylation is 2. The fourth-order valence-corrected chi connectivity index (χ4v) is 10.5. The molecule has 0 spiro atoms. The first-order chi connectivity index (χ1) is 37.4. The van der Waals surface area contributed by atoms with Crippen molar-refractivity contribution in [2.45, 2.75) is 78.0 Å². The number of aromatic nitrogens is 3. The molecule has 0 bridgehead atoms. The van der Waals surface area contributed by atoms with Gasteiger partial charge in [-0.25, -0.2) is 0 Å². The summed E-state index contributed by atoms with van der Waals surface area (Å²) < 4.78 is 24.4. The number of nitro benzene ring substituents is 1. The number of unbranched alkanes of at least 4 members (excludes halogenated alkanes) is 1. The minimum Gasteiger partial charge on any atom is -0.493 e. The molecule has 0 saturated carbocycles. The fraction of sp³-hybridized carbons (Fsp3) is 0.385. The van der Waals surface area contributed by atoms with E-state index in [2.05, 4.69) is 40.0 Å². The van der Waals surface area contributed by atoms with E-state index >= 15 is 0 Å². The summed E-state index contributed by atoms with van der Waals surface area (Å²) in [6.45, 7) is 6.67. The molecule has 5 aromatic rings. The number of methoxy groups -OCH3 is 1. The number of nitrogens with zero attached hydrogens (tertiary/aromatic N) is 7. The average Bonchev–Trinajstić information content (AvgIpc) is 4.21. The number of hydrogen-bond acceptors (Lipinski definition) is 18. The SMILES string of the molecule is COc1cc(C(C)OCN2C(=O)CCC(N3C(=O)c4cccc(OCC(=O)NCCCCNC(=O)CC5N=C(c6ccc(Cl)cc6)c6c(sc(C)c6C)-n6c(C)nnc65)c4C3=O)C2=O)c([N+](=O)[O-])cc1OCC(=O)NCCN. The minimum absolute atomic E-state index is 0.0115. The third kappa shape index (κ3) is 11.9. The Morgan fingerprint density at radius 3 is 2.24 bits per heavy atom. The van der Waals surface area contributed by atoms with E-state index in [4.69, 9.17) is 41.3 Å². The Bertz CT molecular complexity index is 3230. The fourth-order valence-electron chi connectivity index (χ4n) is 9.16. The van der Waals surface area contributed by atoms with E-state index in [0.29, 0.717) is 36.1 Å². The number of likely N-dealkylation sites (tertiary alicyclic amines) is 1. The molecule has 26 heteroatoms. The Morgan fingerprint density at radius 1 is 0.885 bits per heavy atom. The van der Waals surface area contributed by atoms with Gasteiger partial charge in [-0.3, -0.25) is 63.0 Å². The Balaban J connectivity index is 0.820. The van der Waals surface area contributed by atoms with Gasteiger partial charge in [-0.2, -0.15) is 0 Å². The first-order valence-electron chi connectivity index (χ1n) is 24.9. The van der Waals surface area contributed by atoms with Crippen LogP contribution in [0.25, 0.3) is 5.00 Å². The molecule has 2 aromatic heterocycles. The molecule has 3 aromatic carbocycles. The van der Waals surface area contributed by atoms with Crippen LogP contribution >= 0.6 is 22.9 Å². The second-order valence-corrected chi connectivity index (χ2v) is 20.0. The molecule has 3 atom stereocenters. The summed E-state index contributed by atoms with van der Waals surface area (Å²) in [5.41, 5.74) is 8.31. The third-order valence-electron chi connectivity index (χ3n) is 13.3. The van der Waals surface area contributed by atoms with Gasteiger partial charge in [0.25, 0.3) is 35.2 Å². The number of thiophene rings is 1. The molecule has 0 aliphatic carbocycles. The highest BCUT2D eigenvalue weighted by Crippen LogP contribution is 2.41. The lowest BCUT2D eigenvalue weighted by Gasteiger charge is -2.34. The van der Waals surface area contributed by atoms with Gasteiger partial charge in [0.15, 0.2) is 30.5 Å². The molecule has 24 nitrogen and oxygen atoms in total. The molecule has 5 heterocycles. The van der Waals surface area contributed by atoms with Crippen LogP contribution in [-0.2, 0) is 28.7 Å². The van der Waals surface area contributed by atoms with Gasteiger partial charge in [-0.1, -0.05) is 29.8 Å². The number of nitro groups is 1. The minimum atomic E-state index is -1.42. The maximum absolute atomic E-state index is 14.0. The van der Waals surface area contributed by atoms with Gasteiger partial charge in [0.1, 0.15) is 35.4 Å². The summed E-state index contributed by atoms with van der Waals surface area (Å²) in [4.78, 5) is 113. The third-order valence-corrected chi connectivity index (χ3v) is 14.7. The highest BCUT2D eigenvalue weighted by molar-refractivity contribution is 7.15. The van der Waals surface area contributed by atoms with Crippen molar-refractivity contribution in [3.8, 4) is 22.2 Å². The lowest BCUT2D eigenvalue weighted by atomic mass is 9.99. The van der Waals surface area contributed by atoms with E-state index in [1.54, 1.807) is 23.5 Å². The van der Waals surface area contributed by atoms with Crippen LogP contribution in [0.1, 0.15) is 111 Å². The van der Waals surface area contributed by atoms with Crippen LogP contribution in [0.4, 0.5) is 5.69 Å². The zero-order valence-electron chi connectivity index (χ0n) is 43.2. The number of imide groups is 2. The number of piperidine rings is 1. The smallest absolute Gasteiger partial charge is 0.279 e. The van der Waals surface area contributed by atoms with E-state index in [-0.39, 0.29) is 78.7 Å². The second-order valence-electron chi connectivity index (χ2n) is 18.4. The van der Waals surface area contributed by atoms with Crippen LogP contribution in [0.3, 0.4) is 0 Å². The predicted molar refractivity (Wildman–Crippen MR) is 282 cm³/mol. The number of rotatable bonds is 23. The summed E-state index contributed by atoms with van der Waals surface area (Å²) in [5.74, 6) is -3.46. The van der Waals surface area contributed by atoms with Crippen molar-refractivity contribution in [1.29, 1.82) is 0 Å². The Labute approximate surface area is 455 Å². The van der Waals surface area contributed by atoms with Crippen molar-refractivity contribution in [2.75, 3.05) is 53.2 Å². The molecule has 1 fully saturated rings. The maximum Gasteiger partial charge on any atom is 0.279 e. The molecular formula is C52H56ClN11O13S. The molecule has 3 unspecified atom stereocenters. The number of nitrogens with one attached hydrogen (secondary N) is 3. The van der Waals surface area contributed by atoms with E-state index in [9.17, 15) is 43.7 Å². The van der Waals surface area contributed by atoms with Crippen molar-refractivity contribution < 1.29 is 57.4 Å². The lowest BCUT2D eigenvalue weighted by molar-refractivity contribution is -0.386. The molecule has 78 heavy (non-hydrogen) atoms. The number of carbonyl (C=O) groups is 7. The van der Waals surface area contributed by atoms with Crippen molar-refractivity contribution >= 4 is 75.7 Å². The monoisotopic (exact) mass is 1110 g/mol. The first-order valence-corrected chi connectivity index (χ1v) is 26.1. The van der Waals surface area contributed by atoms with Crippen molar-refractivity contribution in [2.24, 2.45) is 10.7 Å². The standard InChI is InChI=1S/C52H56ClN11O13S/c1-27-29(3)78-52-45(27)47(31-11-13-32(53)14-12-31)58-35(48-60-59-30(4)62(48)52)22-41(65)55-18-6-7-19-56-42(66)24-75-38-10-8-9-33-46(38)51(71)63(49(33)69)36-15-16-44(68)61(50(36)70)26-77-28(2)34-21-39(74-5)40(23-37(34)64(72)73)76-25-43(67)57-20-17-54/h8-14,21,23,28,35-36H,6-7,15-20,22,24-26,54H2,1-5H3,(H,55,65)(H,56,66)(H,57,67). The van der Waals surface area contributed by atoms with Crippen LogP contribution in [0.5, 0.6) is 17.2 Å². The van der Waals surface area contributed by atoms with Gasteiger partial charge in [0.2, 0.25) is 11.8 Å². The molecule has 3 aliphatic heterocycles. The summed E-state index contributed by atoms with van der Waals surface area (Å²) >= 11 is 7.85. The Morgan fingerprint density at radius 2 is 1.56 bits per heavy atom. The number of amides is 7. The number of nitrogens with two attached hydrogens (primary N) is 1. The molecule has 5 N–H and O–H groups in total. The highest BCUT2D eigenvalue weighted by Gasteiger charge is 2.48. The van der Waals surface area contributed by atoms with Crippen LogP contribution in [0, 0.1) is 30.9 Å². The van der Waals surface area contributed by atoms with Crippen LogP contribution in [-0.4, -0.2) is 136 Å². The van der Waals surface area contributed by atoms with Crippen molar-refractivity contribution in [3.63, 3.8) is 0 Å². The van der Waals surface area contributed by atoms with Crippen LogP contribution in [0.2, 0.25) is 5.02 Å². The first kappa shape index (κ1) is 56.1. The number of fused-ring (bicyclic) bond motifs is 4. The van der Waals surface area contributed by atoms with Gasteiger partial charge in [0, 0.05) is 53.6 Å². The molecule has 1 saturated heterocycles. The lowest BCUT2D eigenvalue weighted by Crippen LogP contribution is -2.56. The predicted octanol–water partition coefficient (Wildman–Crippen LogP) is 4.50. The second kappa shape index (κ2) is 24.5. The van der Waals surface area contributed by atoms with E-state index in [1.165, 1.54) is 38.3 Å². The number of aliphatic imine (C=N–C) groups is 1. The number of halogens is 1. The molecule has 8 rings (SSSR count). The van der Waals surface area contributed by atoms with Gasteiger partial charge >= 0.3 is 0 Å². The molecular weight excluding hydrogens is 1050 g/mol. The van der Waals surface area contributed by atoms with Gasteiger partial charge in [-0.15, -0.1) is 21.5 Å². The normalized spacial score (nSPS) is 16.2. The summed E-state index contributed by atoms with van der Waals surface area (Å²) in [7, 11) is 1.29. The summed E-state index contributed by atoms with van der Waals surface area (Å²) in [6, 6.07) is 12.0. The zero-order chi connectivity index (χ0) is 55.9. The van der Waals surface area contributed by atoms with Crippen molar-refractivity contribution in [1.82, 2.24) is 40.5 Å². The summed E-state index contributed by atoms with van der Waals surface area (Å²) in [5, 5.41) is 30.7. The van der Waals surface area contributed by atoms with Gasteiger partial charge in [0.05, 0.1) is 53.0 Å². The summed E-state index contributed by atoms with van der Waals surface area (Å²) in [6.07, 6.45) is -0.529. The zero-order valence-corrected chi connectivity index (χ0v) is 44.8. The molecule has 7 amide bonds. The van der Waals surface area contributed by atoms with E-state index in [0.717, 1.165) is 48.1 Å². The molecule has 0 radical (unpaired) electrons. The number of benzene rings is 3. The van der Waals surface area contributed by atoms with Crippen molar-refractivity contribution in [3.05, 3.63) is 120 Å². The van der Waals surface area contributed by atoms with Crippen LogP contribution < -0.4 is 35.9 Å². The number of carbonyl (C=O) groups excluding carboxylic acids is 7. The Kier molecular flexibility index (Phi) is 17.6. The quantitative estimate of drug-likeness (QED) is 0.0303. The number of ether oxygens (including phenoxy) is 4. The molecule has 410 valence electrons. The molecule has 3 aliphatic rings. The Hall–Kier alpha value is -8.13. The highest BCUT2D eigenvalue weighted by atomic mass is 35.5. The van der Waals surface area contributed by atoms with E-state index in [1.807, 2.05) is 23.6 Å². The van der Waals surface area contributed by atoms with Gasteiger partial charge < -0.3 is 40.6 Å². The van der Waals surface area contributed by atoms with Gasteiger partial charge in [-0.05, 0) is 82.9 Å². The maximum atomic E-state index is 14.0. The topological polar surface area (TPSA) is 311 Å². The average molecular weight is 1110 g/mol. The number of hydrogen-bond donors (Lipinski definition) is 4.